The molecule has 1 aromatic heterocycles. The Labute approximate surface area is 122 Å². The number of sulfonamides is 1. The van der Waals surface area contributed by atoms with E-state index in [2.05, 4.69) is 17.0 Å². The molecular weight excluding hydrogens is 276 g/mol. The van der Waals surface area contributed by atoms with Gasteiger partial charge in [0.15, 0.2) is 0 Å². The van der Waals surface area contributed by atoms with E-state index in [-0.39, 0.29) is 5.09 Å². The van der Waals surface area contributed by atoms with Gasteiger partial charge in [0.1, 0.15) is 5.76 Å². The van der Waals surface area contributed by atoms with E-state index in [0.29, 0.717) is 12.3 Å². The molecule has 5 nitrogen and oxygen atoms in total. The molecule has 20 heavy (non-hydrogen) atoms. The van der Waals surface area contributed by atoms with Gasteiger partial charge < -0.3 is 9.73 Å². The smallest absolute Gasteiger partial charge is 0.274 e. The van der Waals surface area contributed by atoms with Gasteiger partial charge in [-0.15, -0.1) is 0 Å². The lowest BCUT2D eigenvalue weighted by molar-refractivity contribution is 0.380. The molecular formula is C14H26N2O3S. The first-order valence-electron chi connectivity index (χ1n) is 7.14. The fourth-order valence-electron chi connectivity index (χ4n) is 2.08. The summed E-state index contributed by atoms with van der Waals surface area (Å²) in [5.41, 5.74) is -0.471. The summed E-state index contributed by atoms with van der Waals surface area (Å²) in [7, 11) is -3.59. The third-order valence-corrected chi connectivity index (χ3v) is 4.48. The molecule has 0 saturated carbocycles. The molecule has 0 spiro atoms. The second-order valence-electron chi connectivity index (χ2n) is 5.64. The van der Waals surface area contributed by atoms with E-state index in [1.165, 1.54) is 6.07 Å². The van der Waals surface area contributed by atoms with E-state index >= 15 is 0 Å². The Hall–Kier alpha value is -0.850. The Kier molecular flexibility index (Phi) is 6.23. The van der Waals surface area contributed by atoms with Crippen LogP contribution < -0.4 is 10.0 Å². The lowest BCUT2D eigenvalue weighted by Gasteiger charge is -2.24. The van der Waals surface area contributed by atoms with Crippen LogP contribution >= 0.6 is 0 Å². The Bertz CT molecular complexity index is 506. The van der Waals surface area contributed by atoms with Crippen molar-refractivity contribution in [1.29, 1.82) is 0 Å². The van der Waals surface area contributed by atoms with Gasteiger partial charge in [-0.05, 0) is 45.4 Å². The largest absolute Gasteiger partial charge is 0.447 e. The molecule has 116 valence electrons. The van der Waals surface area contributed by atoms with Crippen LogP contribution in [0.2, 0.25) is 0 Å². The summed E-state index contributed by atoms with van der Waals surface area (Å²) in [5, 5.41) is 3.16. The van der Waals surface area contributed by atoms with Crippen LogP contribution in [0.25, 0.3) is 0 Å². The molecule has 0 aromatic carbocycles. The van der Waals surface area contributed by atoms with Crippen LogP contribution in [0.5, 0.6) is 0 Å². The highest BCUT2D eigenvalue weighted by Gasteiger charge is 2.27. The van der Waals surface area contributed by atoms with Crippen LogP contribution in [-0.2, 0) is 16.6 Å². The van der Waals surface area contributed by atoms with Crippen LogP contribution in [0.3, 0.4) is 0 Å². The van der Waals surface area contributed by atoms with Crippen molar-refractivity contribution in [2.24, 2.45) is 0 Å². The fraction of sp³-hybridized carbons (Fsp3) is 0.714. The van der Waals surface area contributed by atoms with Gasteiger partial charge in [-0.1, -0.05) is 20.3 Å². The lowest BCUT2D eigenvalue weighted by atomic mass is 10.0. The molecule has 0 aliphatic heterocycles. The Morgan fingerprint density at radius 3 is 2.50 bits per heavy atom. The first kappa shape index (κ1) is 17.2. The van der Waals surface area contributed by atoms with Crippen LogP contribution in [0.4, 0.5) is 0 Å². The molecule has 2 N–H and O–H groups in total. The van der Waals surface area contributed by atoms with Crippen molar-refractivity contribution in [3.8, 4) is 0 Å². The van der Waals surface area contributed by atoms with Crippen molar-refractivity contribution < 1.29 is 12.8 Å². The third kappa shape index (κ3) is 5.26. The van der Waals surface area contributed by atoms with Crippen molar-refractivity contribution in [2.75, 3.05) is 6.54 Å². The van der Waals surface area contributed by atoms with Gasteiger partial charge in [0, 0.05) is 5.54 Å². The molecule has 0 fully saturated rings. The van der Waals surface area contributed by atoms with Gasteiger partial charge in [-0.25, -0.2) is 13.1 Å². The Morgan fingerprint density at radius 2 is 1.90 bits per heavy atom. The van der Waals surface area contributed by atoms with Crippen molar-refractivity contribution in [1.82, 2.24) is 10.0 Å². The summed E-state index contributed by atoms with van der Waals surface area (Å²) in [6.07, 6.45) is 2.72. The average molecular weight is 302 g/mol. The topological polar surface area (TPSA) is 71.3 Å². The number of hydrogen-bond acceptors (Lipinski definition) is 4. The minimum absolute atomic E-state index is 0.0185. The molecule has 1 rings (SSSR count). The van der Waals surface area contributed by atoms with Gasteiger partial charge in [-0.3, -0.25) is 0 Å². The van der Waals surface area contributed by atoms with Gasteiger partial charge in [0.2, 0.25) is 5.09 Å². The highest BCUT2D eigenvalue weighted by Crippen LogP contribution is 2.19. The molecule has 1 aromatic rings. The zero-order valence-electron chi connectivity index (χ0n) is 12.8. The predicted molar refractivity (Wildman–Crippen MR) is 80.0 cm³/mol. The predicted octanol–water partition coefficient (Wildman–Crippen LogP) is 2.64. The van der Waals surface area contributed by atoms with Crippen molar-refractivity contribution in [3.05, 3.63) is 17.9 Å². The first-order valence-corrected chi connectivity index (χ1v) is 8.62. The number of nitrogens with one attached hydrogen (secondary N) is 2. The number of furan rings is 1. The summed E-state index contributed by atoms with van der Waals surface area (Å²) >= 11 is 0. The molecule has 0 aliphatic carbocycles. The molecule has 0 unspecified atom stereocenters. The van der Waals surface area contributed by atoms with E-state index < -0.39 is 15.6 Å². The summed E-state index contributed by atoms with van der Waals surface area (Å²) in [5.74, 6) is 0.632. The van der Waals surface area contributed by atoms with Gasteiger partial charge in [0.05, 0.1) is 6.54 Å². The van der Waals surface area contributed by atoms with Crippen molar-refractivity contribution in [2.45, 2.75) is 64.1 Å². The Balaban J connectivity index is 2.73. The molecule has 0 saturated heterocycles. The minimum atomic E-state index is -3.59. The monoisotopic (exact) mass is 302 g/mol. The normalized spacial score (nSPS) is 12.8. The molecule has 6 heteroatoms. The van der Waals surface area contributed by atoms with Crippen molar-refractivity contribution >= 4 is 10.0 Å². The van der Waals surface area contributed by atoms with Crippen LogP contribution in [0.15, 0.2) is 21.6 Å². The van der Waals surface area contributed by atoms with Crippen LogP contribution in [0.1, 0.15) is 52.7 Å². The molecule has 0 atom stereocenters. The highest BCUT2D eigenvalue weighted by molar-refractivity contribution is 7.89. The standard InChI is InChI=1S/C14H26N2O3S/c1-5-9-14(3,4)16-20(17,18)13-8-7-12(19-13)11-15-10-6-2/h7-8,15-16H,5-6,9-11H2,1-4H3. The first-order chi connectivity index (χ1) is 9.30. The SMILES string of the molecule is CCCNCc1ccc(S(=O)(=O)NC(C)(C)CCC)o1. The maximum atomic E-state index is 12.2. The molecule has 0 bridgehead atoms. The van der Waals surface area contributed by atoms with E-state index in [1.807, 2.05) is 20.8 Å². The van der Waals surface area contributed by atoms with Gasteiger partial charge >= 0.3 is 0 Å². The third-order valence-electron chi connectivity index (χ3n) is 2.91. The van der Waals surface area contributed by atoms with E-state index in [4.69, 9.17) is 4.42 Å². The van der Waals surface area contributed by atoms with Crippen LogP contribution in [0, 0.1) is 0 Å². The zero-order chi connectivity index (χ0) is 15.2. The van der Waals surface area contributed by atoms with Crippen LogP contribution in [-0.4, -0.2) is 20.5 Å². The zero-order valence-corrected chi connectivity index (χ0v) is 13.6. The Morgan fingerprint density at radius 1 is 1.20 bits per heavy atom. The maximum absolute atomic E-state index is 12.2. The average Bonchev–Trinajstić information content (AvgIpc) is 2.77. The fourth-order valence-corrected chi connectivity index (χ4v) is 3.47. The van der Waals surface area contributed by atoms with Gasteiger partial charge in [-0.2, -0.15) is 0 Å². The second-order valence-corrected chi connectivity index (χ2v) is 7.25. The summed E-state index contributed by atoms with van der Waals surface area (Å²) in [6, 6.07) is 3.21. The summed E-state index contributed by atoms with van der Waals surface area (Å²) in [6.45, 7) is 9.28. The molecule has 1 heterocycles. The highest BCUT2D eigenvalue weighted by atomic mass is 32.2. The van der Waals surface area contributed by atoms with E-state index in [0.717, 1.165) is 25.8 Å². The maximum Gasteiger partial charge on any atom is 0.274 e. The summed E-state index contributed by atoms with van der Waals surface area (Å²) in [4.78, 5) is 0. The van der Waals surface area contributed by atoms with Crippen molar-refractivity contribution in [3.63, 3.8) is 0 Å². The van der Waals surface area contributed by atoms with E-state index in [1.54, 1.807) is 6.07 Å². The second kappa shape index (κ2) is 7.24. The quantitative estimate of drug-likeness (QED) is 0.688. The number of hydrogen-bond donors (Lipinski definition) is 2. The lowest BCUT2D eigenvalue weighted by Crippen LogP contribution is -2.42. The molecule has 0 aliphatic rings. The number of rotatable bonds is 9. The van der Waals surface area contributed by atoms with E-state index in [9.17, 15) is 8.42 Å². The summed E-state index contributed by atoms with van der Waals surface area (Å²) < 4.78 is 32.6. The molecule has 0 amide bonds. The molecule has 0 radical (unpaired) electrons. The van der Waals surface area contributed by atoms with Gasteiger partial charge in [0.25, 0.3) is 10.0 Å². The minimum Gasteiger partial charge on any atom is -0.447 e.